The molecular weight excluding hydrogens is 320 g/mol. The summed E-state index contributed by atoms with van der Waals surface area (Å²) in [4.78, 5) is 19.1. The van der Waals surface area contributed by atoms with Crippen molar-refractivity contribution < 1.29 is 13.7 Å². The van der Waals surface area contributed by atoms with E-state index in [-0.39, 0.29) is 11.9 Å². The fourth-order valence-electron chi connectivity index (χ4n) is 3.39. The van der Waals surface area contributed by atoms with Crippen LogP contribution in [0, 0.1) is 13.8 Å². The Morgan fingerprint density at radius 3 is 2.96 bits per heavy atom. The van der Waals surface area contributed by atoms with Gasteiger partial charge in [-0.05, 0) is 38.8 Å². The zero-order valence-corrected chi connectivity index (χ0v) is 14.3. The average molecular weight is 340 g/mol. The number of hydrogen-bond donors (Lipinski definition) is 1. The number of amides is 1. The van der Waals surface area contributed by atoms with Gasteiger partial charge in [0.05, 0.1) is 11.7 Å². The van der Waals surface area contributed by atoms with Gasteiger partial charge >= 0.3 is 0 Å². The number of aryl methyl sites for hydroxylation is 2. The number of rotatable bonds is 4. The Labute approximate surface area is 145 Å². The highest BCUT2D eigenvalue weighted by Gasteiger charge is 2.29. The van der Waals surface area contributed by atoms with Crippen LogP contribution in [0.4, 0.5) is 6.01 Å². The quantitative estimate of drug-likeness (QED) is 0.786. The van der Waals surface area contributed by atoms with Crippen molar-refractivity contribution in [1.82, 2.24) is 15.5 Å². The van der Waals surface area contributed by atoms with Crippen molar-refractivity contribution in [3.05, 3.63) is 41.3 Å². The van der Waals surface area contributed by atoms with Gasteiger partial charge in [-0.1, -0.05) is 17.3 Å². The molecule has 25 heavy (non-hydrogen) atoms. The fourth-order valence-corrected chi connectivity index (χ4v) is 3.39. The number of carbonyl (C=O) groups is 1. The minimum absolute atomic E-state index is 0.152. The Balaban J connectivity index is 1.47. The Bertz CT molecular complexity index is 862. The first-order valence-electron chi connectivity index (χ1n) is 8.47. The lowest BCUT2D eigenvalue weighted by molar-refractivity contribution is 0.0949. The summed E-state index contributed by atoms with van der Waals surface area (Å²) in [6.07, 6.45) is 2.03. The molecular formula is C18H20N4O3. The van der Waals surface area contributed by atoms with Crippen LogP contribution in [-0.4, -0.2) is 35.2 Å². The van der Waals surface area contributed by atoms with Crippen LogP contribution < -0.4 is 10.2 Å². The third-order valence-electron chi connectivity index (χ3n) is 4.66. The van der Waals surface area contributed by atoms with Crippen molar-refractivity contribution in [3.63, 3.8) is 0 Å². The second-order valence-electron chi connectivity index (χ2n) is 6.36. The maximum absolute atomic E-state index is 12.4. The molecule has 0 saturated carbocycles. The van der Waals surface area contributed by atoms with Gasteiger partial charge in [0.2, 0.25) is 0 Å². The van der Waals surface area contributed by atoms with Gasteiger partial charge in [0.25, 0.3) is 11.9 Å². The van der Waals surface area contributed by atoms with E-state index in [0.717, 1.165) is 30.5 Å². The zero-order chi connectivity index (χ0) is 17.4. The van der Waals surface area contributed by atoms with Crippen LogP contribution in [0.1, 0.15) is 34.7 Å². The van der Waals surface area contributed by atoms with Gasteiger partial charge in [-0.25, -0.2) is 0 Å². The van der Waals surface area contributed by atoms with Crippen LogP contribution in [0.25, 0.3) is 11.1 Å². The van der Waals surface area contributed by atoms with Crippen LogP contribution >= 0.6 is 0 Å². The van der Waals surface area contributed by atoms with E-state index >= 15 is 0 Å². The average Bonchev–Trinajstić information content (AvgIpc) is 3.30. The van der Waals surface area contributed by atoms with E-state index in [1.807, 2.05) is 24.3 Å². The van der Waals surface area contributed by atoms with Gasteiger partial charge in [-0.15, -0.1) is 0 Å². The summed E-state index contributed by atoms with van der Waals surface area (Å²) in [5.41, 5.74) is 2.76. The third-order valence-corrected chi connectivity index (χ3v) is 4.66. The number of nitrogens with zero attached hydrogens (tertiary/aromatic N) is 3. The lowest BCUT2D eigenvalue weighted by Gasteiger charge is -2.23. The number of fused-ring (bicyclic) bond motifs is 1. The number of carbonyl (C=O) groups excluding carboxylic acids is 1. The van der Waals surface area contributed by atoms with E-state index in [1.165, 1.54) is 0 Å². The molecule has 0 bridgehead atoms. The lowest BCUT2D eigenvalue weighted by atomic mass is 10.1. The molecule has 2 aromatic heterocycles. The van der Waals surface area contributed by atoms with E-state index in [4.69, 9.17) is 8.94 Å². The highest BCUT2D eigenvalue weighted by molar-refractivity contribution is 5.96. The molecule has 7 heteroatoms. The Morgan fingerprint density at radius 1 is 1.36 bits per heavy atom. The predicted molar refractivity (Wildman–Crippen MR) is 92.7 cm³/mol. The summed E-state index contributed by atoms with van der Waals surface area (Å²) in [6.45, 7) is 4.92. The van der Waals surface area contributed by atoms with Crippen LogP contribution in [0.3, 0.4) is 0 Å². The minimum atomic E-state index is -0.152. The molecule has 3 heterocycles. The monoisotopic (exact) mass is 340 g/mol. The molecule has 1 aliphatic rings. The maximum atomic E-state index is 12.4. The van der Waals surface area contributed by atoms with Gasteiger partial charge in [0.1, 0.15) is 16.8 Å². The van der Waals surface area contributed by atoms with Crippen molar-refractivity contribution in [2.24, 2.45) is 0 Å². The fraction of sp³-hybridized carbons (Fsp3) is 0.389. The molecule has 130 valence electrons. The van der Waals surface area contributed by atoms with E-state index in [9.17, 15) is 4.79 Å². The summed E-state index contributed by atoms with van der Waals surface area (Å²) in [5, 5.41) is 6.82. The van der Waals surface area contributed by atoms with Crippen molar-refractivity contribution >= 4 is 23.0 Å². The van der Waals surface area contributed by atoms with E-state index < -0.39 is 0 Å². The lowest BCUT2D eigenvalue weighted by Crippen LogP contribution is -2.40. The van der Waals surface area contributed by atoms with E-state index in [1.54, 1.807) is 13.8 Å². The number of para-hydroxylation sites is 2. The Kier molecular flexibility index (Phi) is 3.91. The molecule has 1 atom stereocenters. The second-order valence-corrected chi connectivity index (χ2v) is 6.36. The topological polar surface area (TPSA) is 84.4 Å². The Morgan fingerprint density at radius 2 is 2.20 bits per heavy atom. The molecule has 7 nitrogen and oxygen atoms in total. The number of benzene rings is 1. The minimum Gasteiger partial charge on any atom is -0.423 e. The summed E-state index contributed by atoms with van der Waals surface area (Å²) in [7, 11) is 0. The second kappa shape index (κ2) is 6.23. The SMILES string of the molecule is Cc1noc(C)c1C(=O)NC[C@H]1CCCN1c1nc2ccccc2o1. The summed E-state index contributed by atoms with van der Waals surface area (Å²) >= 11 is 0. The molecule has 0 radical (unpaired) electrons. The van der Waals surface area contributed by atoms with E-state index in [0.29, 0.717) is 29.6 Å². The highest BCUT2D eigenvalue weighted by atomic mass is 16.5. The van der Waals surface area contributed by atoms with Crippen LogP contribution in [0.5, 0.6) is 0 Å². The molecule has 1 saturated heterocycles. The van der Waals surface area contributed by atoms with Crippen molar-refractivity contribution in [2.45, 2.75) is 32.7 Å². The van der Waals surface area contributed by atoms with Crippen LogP contribution in [0.15, 0.2) is 33.2 Å². The molecule has 0 aliphatic carbocycles. The number of hydrogen-bond acceptors (Lipinski definition) is 6. The molecule has 0 unspecified atom stereocenters. The molecule has 1 aromatic carbocycles. The number of nitrogens with one attached hydrogen (secondary N) is 1. The zero-order valence-electron chi connectivity index (χ0n) is 14.3. The molecule has 0 spiro atoms. The number of oxazole rings is 1. The van der Waals surface area contributed by atoms with Crippen LogP contribution in [0.2, 0.25) is 0 Å². The molecule has 1 aliphatic heterocycles. The summed E-state index contributed by atoms with van der Waals surface area (Å²) in [5.74, 6) is 0.387. The molecule has 1 fully saturated rings. The van der Waals surface area contributed by atoms with Gasteiger partial charge in [0.15, 0.2) is 5.58 Å². The standard InChI is InChI=1S/C18H20N4O3/c1-11-16(12(2)25-21-11)17(23)19-10-13-6-5-9-22(13)18-20-14-7-3-4-8-15(14)24-18/h3-4,7-8,13H,5-6,9-10H2,1-2H3,(H,19,23)/t13-/m1/s1. The summed E-state index contributed by atoms with van der Waals surface area (Å²) in [6, 6.07) is 8.51. The first kappa shape index (κ1) is 15.7. The van der Waals surface area contributed by atoms with Crippen LogP contribution in [-0.2, 0) is 0 Å². The van der Waals surface area contributed by atoms with Gasteiger partial charge in [-0.3, -0.25) is 4.79 Å². The number of aromatic nitrogens is 2. The number of anilines is 1. The van der Waals surface area contributed by atoms with E-state index in [2.05, 4.69) is 20.4 Å². The van der Waals surface area contributed by atoms with Crippen molar-refractivity contribution in [3.8, 4) is 0 Å². The molecule has 1 N–H and O–H groups in total. The van der Waals surface area contributed by atoms with Gasteiger partial charge in [0, 0.05) is 13.1 Å². The first-order chi connectivity index (χ1) is 12.1. The Hall–Kier alpha value is -2.83. The molecule has 4 rings (SSSR count). The normalized spacial score (nSPS) is 17.4. The van der Waals surface area contributed by atoms with Gasteiger partial charge < -0.3 is 19.2 Å². The highest BCUT2D eigenvalue weighted by Crippen LogP contribution is 2.28. The maximum Gasteiger partial charge on any atom is 0.298 e. The first-order valence-corrected chi connectivity index (χ1v) is 8.47. The van der Waals surface area contributed by atoms with Gasteiger partial charge in [-0.2, -0.15) is 4.98 Å². The smallest absolute Gasteiger partial charge is 0.298 e. The third kappa shape index (κ3) is 2.86. The largest absolute Gasteiger partial charge is 0.423 e. The molecule has 3 aromatic rings. The molecule has 1 amide bonds. The summed E-state index contributed by atoms with van der Waals surface area (Å²) < 4.78 is 10.9. The van der Waals surface area contributed by atoms with Crippen molar-refractivity contribution in [1.29, 1.82) is 0 Å². The van der Waals surface area contributed by atoms with Crippen molar-refractivity contribution in [2.75, 3.05) is 18.0 Å². The predicted octanol–water partition coefficient (Wildman–Crippen LogP) is 2.83.